The van der Waals surface area contributed by atoms with Crippen molar-refractivity contribution in [2.75, 3.05) is 52.9 Å². The number of thiophene rings is 1. The zero-order valence-corrected chi connectivity index (χ0v) is 23.3. The van der Waals surface area contributed by atoms with Crippen LogP contribution >= 0.6 is 22.7 Å². The highest BCUT2D eigenvalue weighted by molar-refractivity contribution is 7.23. The molecule has 38 heavy (non-hydrogen) atoms. The van der Waals surface area contributed by atoms with Crippen LogP contribution in [0.25, 0.3) is 31.9 Å². The number of fused-ring (bicyclic) bond motifs is 2. The summed E-state index contributed by atoms with van der Waals surface area (Å²) < 4.78 is 16.8. The Labute approximate surface area is 229 Å². The second-order valence-electron chi connectivity index (χ2n) is 8.81. The molecule has 0 unspecified atom stereocenters. The number of anilines is 1. The summed E-state index contributed by atoms with van der Waals surface area (Å²) in [6.45, 7) is 3.67. The normalized spacial score (nSPS) is 12.9. The first-order valence-corrected chi connectivity index (χ1v) is 14.1. The van der Waals surface area contributed by atoms with Gasteiger partial charge in [0.15, 0.2) is 5.75 Å². The van der Waals surface area contributed by atoms with E-state index in [0.29, 0.717) is 31.2 Å². The number of nitrogens with zero attached hydrogens (tertiary/aromatic N) is 2. The zero-order valence-electron chi connectivity index (χ0n) is 21.7. The summed E-state index contributed by atoms with van der Waals surface area (Å²) in [6, 6.07) is 8.13. The SMILES string of the molecule is COCCNCCC(=O)Nc1sc2c(c1-c1nc3ccc(-c4cnc(OC)c(OC)c4)cc3s1)CCNC2. The molecular formula is C27H31N5O4S2. The molecule has 1 aliphatic rings. The maximum Gasteiger partial charge on any atom is 0.256 e. The maximum absolute atomic E-state index is 12.8. The highest BCUT2D eigenvalue weighted by Gasteiger charge is 2.25. The first kappa shape index (κ1) is 26.5. The van der Waals surface area contributed by atoms with Gasteiger partial charge >= 0.3 is 0 Å². The van der Waals surface area contributed by atoms with Gasteiger partial charge in [-0.1, -0.05) is 6.07 Å². The molecule has 0 spiro atoms. The Bertz CT molecular complexity index is 1430. The molecule has 0 atom stereocenters. The molecule has 0 radical (unpaired) electrons. The highest BCUT2D eigenvalue weighted by Crippen LogP contribution is 2.45. The number of carbonyl (C=O) groups is 1. The average Bonchev–Trinajstić information content (AvgIpc) is 3.52. The minimum absolute atomic E-state index is 0.00734. The number of nitrogens with one attached hydrogen (secondary N) is 3. The van der Waals surface area contributed by atoms with E-state index in [1.54, 1.807) is 50.2 Å². The molecule has 1 aliphatic heterocycles. The number of pyridine rings is 1. The molecule has 1 aromatic carbocycles. The van der Waals surface area contributed by atoms with E-state index in [9.17, 15) is 4.79 Å². The Balaban J connectivity index is 1.44. The van der Waals surface area contributed by atoms with Gasteiger partial charge in [0, 0.05) is 55.4 Å². The van der Waals surface area contributed by atoms with Crippen LogP contribution in [0.5, 0.6) is 11.6 Å². The smallest absolute Gasteiger partial charge is 0.256 e. The largest absolute Gasteiger partial charge is 0.491 e. The van der Waals surface area contributed by atoms with Gasteiger partial charge < -0.3 is 30.2 Å². The van der Waals surface area contributed by atoms with E-state index in [2.05, 4.69) is 27.0 Å². The highest BCUT2D eigenvalue weighted by atomic mass is 32.1. The van der Waals surface area contributed by atoms with Crippen LogP contribution in [0, 0.1) is 0 Å². The van der Waals surface area contributed by atoms with Crippen molar-refractivity contribution in [2.24, 2.45) is 0 Å². The lowest BCUT2D eigenvalue weighted by Crippen LogP contribution is -2.24. The summed E-state index contributed by atoms with van der Waals surface area (Å²) >= 11 is 3.29. The third-order valence-corrected chi connectivity index (χ3v) is 8.54. The average molecular weight is 554 g/mol. The van der Waals surface area contributed by atoms with E-state index < -0.39 is 0 Å². The van der Waals surface area contributed by atoms with Crippen LogP contribution < -0.4 is 25.4 Å². The molecule has 1 amide bonds. The number of methoxy groups -OCH3 is 3. The topological polar surface area (TPSA) is 107 Å². The number of hydrogen-bond acceptors (Lipinski definition) is 10. The van der Waals surface area contributed by atoms with E-state index >= 15 is 0 Å². The number of hydrogen-bond donors (Lipinski definition) is 3. The molecular weight excluding hydrogens is 522 g/mol. The molecule has 4 heterocycles. The fourth-order valence-corrected chi connectivity index (χ4v) is 6.82. The molecule has 0 fully saturated rings. The standard InChI is InChI=1S/C27H31N5O4S2/c1-34-11-10-28-9-7-23(33)32-27-24(18-6-8-29-15-22(18)38-27)26-31-19-5-4-16(13-21(19)37-26)17-12-20(35-2)25(36-3)30-14-17/h4-5,12-14,28-29H,6-11,15H2,1-3H3,(H,32,33). The van der Waals surface area contributed by atoms with Gasteiger partial charge in [-0.2, -0.15) is 0 Å². The van der Waals surface area contributed by atoms with E-state index in [-0.39, 0.29) is 5.91 Å². The summed E-state index contributed by atoms with van der Waals surface area (Å²) in [7, 11) is 4.85. The molecule has 200 valence electrons. The molecule has 9 nitrogen and oxygen atoms in total. The molecule has 0 saturated heterocycles. The lowest BCUT2D eigenvalue weighted by atomic mass is 10.0. The number of benzene rings is 1. The molecule has 4 aromatic rings. The van der Waals surface area contributed by atoms with Gasteiger partial charge in [-0.25, -0.2) is 9.97 Å². The summed E-state index contributed by atoms with van der Waals surface area (Å²) in [5, 5.41) is 11.7. The van der Waals surface area contributed by atoms with Crippen LogP contribution in [0.2, 0.25) is 0 Å². The summed E-state index contributed by atoms with van der Waals surface area (Å²) in [5.41, 5.74) is 5.22. The summed E-state index contributed by atoms with van der Waals surface area (Å²) in [4.78, 5) is 23.4. The van der Waals surface area contributed by atoms with Crippen molar-refractivity contribution < 1.29 is 19.0 Å². The number of rotatable bonds is 11. The van der Waals surface area contributed by atoms with E-state index in [0.717, 1.165) is 63.0 Å². The van der Waals surface area contributed by atoms with E-state index in [1.165, 1.54) is 10.4 Å². The van der Waals surface area contributed by atoms with Crippen molar-refractivity contribution in [3.8, 4) is 33.3 Å². The quantitative estimate of drug-likeness (QED) is 0.236. The Hall–Kier alpha value is -3.09. The maximum atomic E-state index is 12.8. The summed E-state index contributed by atoms with van der Waals surface area (Å²) in [6.07, 6.45) is 3.09. The van der Waals surface area contributed by atoms with Gasteiger partial charge in [0.25, 0.3) is 5.88 Å². The Kier molecular flexibility index (Phi) is 8.50. The molecule has 5 rings (SSSR count). The Morgan fingerprint density at radius 3 is 2.82 bits per heavy atom. The van der Waals surface area contributed by atoms with E-state index in [4.69, 9.17) is 19.2 Å². The van der Waals surface area contributed by atoms with Gasteiger partial charge in [0.05, 0.1) is 31.0 Å². The fraction of sp³-hybridized carbons (Fsp3) is 0.370. The Morgan fingerprint density at radius 2 is 2.00 bits per heavy atom. The van der Waals surface area contributed by atoms with Gasteiger partial charge in [-0.3, -0.25) is 4.79 Å². The minimum Gasteiger partial charge on any atom is -0.491 e. The second kappa shape index (κ2) is 12.2. The van der Waals surface area contributed by atoms with Gasteiger partial charge in [0.2, 0.25) is 5.91 Å². The molecule has 0 bridgehead atoms. The lowest BCUT2D eigenvalue weighted by molar-refractivity contribution is -0.116. The van der Waals surface area contributed by atoms with Crippen molar-refractivity contribution in [2.45, 2.75) is 19.4 Å². The van der Waals surface area contributed by atoms with Crippen molar-refractivity contribution in [1.82, 2.24) is 20.6 Å². The molecule has 0 saturated carbocycles. The molecule has 0 aliphatic carbocycles. The second-order valence-corrected chi connectivity index (χ2v) is 10.9. The third-order valence-electron chi connectivity index (χ3n) is 6.36. The van der Waals surface area contributed by atoms with Crippen molar-refractivity contribution in [3.63, 3.8) is 0 Å². The zero-order chi connectivity index (χ0) is 26.5. The van der Waals surface area contributed by atoms with Gasteiger partial charge in [-0.05, 0) is 42.3 Å². The van der Waals surface area contributed by atoms with Crippen LogP contribution in [-0.4, -0.2) is 63.4 Å². The molecule has 3 N–H and O–H groups in total. The molecule has 11 heteroatoms. The van der Waals surface area contributed by atoms with Crippen molar-refractivity contribution in [3.05, 3.63) is 40.9 Å². The molecule has 3 aromatic heterocycles. The van der Waals surface area contributed by atoms with Gasteiger partial charge in [0.1, 0.15) is 10.0 Å². The first-order chi connectivity index (χ1) is 18.6. The first-order valence-electron chi connectivity index (χ1n) is 12.5. The number of amides is 1. The van der Waals surface area contributed by atoms with Crippen LogP contribution in [0.3, 0.4) is 0 Å². The predicted molar refractivity (Wildman–Crippen MR) is 153 cm³/mol. The number of carbonyl (C=O) groups excluding carboxylic acids is 1. The monoisotopic (exact) mass is 553 g/mol. The number of thiazole rings is 1. The van der Waals surface area contributed by atoms with Crippen LogP contribution in [0.1, 0.15) is 16.9 Å². The van der Waals surface area contributed by atoms with Crippen LogP contribution in [0.15, 0.2) is 30.5 Å². The lowest BCUT2D eigenvalue weighted by Gasteiger charge is -2.13. The van der Waals surface area contributed by atoms with Crippen molar-refractivity contribution in [1.29, 1.82) is 0 Å². The predicted octanol–water partition coefficient (Wildman–Crippen LogP) is 4.31. The van der Waals surface area contributed by atoms with Gasteiger partial charge in [-0.15, -0.1) is 22.7 Å². The fourth-order valence-electron chi connectivity index (χ4n) is 4.44. The third kappa shape index (κ3) is 5.67. The van der Waals surface area contributed by atoms with Crippen LogP contribution in [-0.2, 0) is 22.5 Å². The summed E-state index contributed by atoms with van der Waals surface area (Å²) in [5.74, 6) is 1.03. The van der Waals surface area contributed by atoms with E-state index in [1.807, 2.05) is 18.2 Å². The minimum atomic E-state index is -0.00734. The number of ether oxygens (including phenoxy) is 3. The van der Waals surface area contributed by atoms with Crippen LogP contribution in [0.4, 0.5) is 5.00 Å². The number of aromatic nitrogens is 2. The Morgan fingerprint density at radius 1 is 1.11 bits per heavy atom. The van der Waals surface area contributed by atoms with Crippen molar-refractivity contribution >= 4 is 43.8 Å².